The van der Waals surface area contributed by atoms with Crippen molar-refractivity contribution in [2.45, 2.75) is 13.8 Å². The van der Waals surface area contributed by atoms with Gasteiger partial charge in [0.2, 0.25) is 5.88 Å². The number of amides is 1. The molecule has 0 fully saturated rings. The van der Waals surface area contributed by atoms with Crippen LogP contribution < -0.4 is 10.1 Å². The van der Waals surface area contributed by atoms with Gasteiger partial charge in [-0.05, 0) is 38.1 Å². The first-order valence-corrected chi connectivity index (χ1v) is 9.26. The summed E-state index contributed by atoms with van der Waals surface area (Å²) in [5.41, 5.74) is 2.70. The van der Waals surface area contributed by atoms with E-state index in [4.69, 9.17) is 4.74 Å². The summed E-state index contributed by atoms with van der Waals surface area (Å²) in [5, 5.41) is 8.23. The number of hydrogen-bond acceptors (Lipinski definition) is 5. The summed E-state index contributed by atoms with van der Waals surface area (Å²) in [6, 6.07) is 13.1. The van der Waals surface area contributed by atoms with Gasteiger partial charge in [0, 0.05) is 18.5 Å². The molecule has 4 aromatic rings. The van der Waals surface area contributed by atoms with Gasteiger partial charge in [0.05, 0.1) is 22.5 Å². The first kappa shape index (κ1) is 17.2. The quantitative estimate of drug-likeness (QED) is 0.559. The molecular weight excluding hydrogens is 360 g/mol. The average Bonchev–Trinajstić information content (AvgIpc) is 3.21. The van der Waals surface area contributed by atoms with Crippen LogP contribution in [0.3, 0.4) is 0 Å². The van der Waals surface area contributed by atoms with E-state index < -0.39 is 0 Å². The summed E-state index contributed by atoms with van der Waals surface area (Å²) in [6.07, 6.45) is 1.58. The molecule has 0 atom stereocenters. The van der Waals surface area contributed by atoms with Gasteiger partial charge >= 0.3 is 0 Å². The number of carbonyl (C=O) groups is 1. The first-order valence-electron chi connectivity index (χ1n) is 8.44. The van der Waals surface area contributed by atoms with Gasteiger partial charge in [0.25, 0.3) is 5.91 Å². The fourth-order valence-electron chi connectivity index (χ4n) is 2.75. The number of benzene rings is 1. The van der Waals surface area contributed by atoms with E-state index in [1.165, 1.54) is 16.9 Å². The molecular formula is C20H18N4O2S. The molecule has 0 spiro atoms. The van der Waals surface area contributed by atoms with Crippen LogP contribution in [-0.4, -0.2) is 20.7 Å². The van der Waals surface area contributed by atoms with Gasteiger partial charge in [0.15, 0.2) is 0 Å². The van der Waals surface area contributed by atoms with Crippen molar-refractivity contribution in [3.8, 4) is 11.6 Å². The van der Waals surface area contributed by atoms with E-state index in [9.17, 15) is 4.79 Å². The third kappa shape index (κ3) is 3.54. The van der Waals surface area contributed by atoms with E-state index in [2.05, 4.69) is 15.4 Å². The zero-order valence-corrected chi connectivity index (χ0v) is 16.0. The smallest absolute Gasteiger partial charge is 0.265 e. The highest BCUT2D eigenvalue weighted by Gasteiger charge is 2.15. The molecule has 0 unspecified atom stereocenters. The van der Waals surface area contributed by atoms with Crippen molar-refractivity contribution in [2.24, 2.45) is 7.05 Å². The molecule has 3 aromatic heterocycles. The van der Waals surface area contributed by atoms with Crippen LogP contribution in [0.4, 0.5) is 5.69 Å². The van der Waals surface area contributed by atoms with Gasteiger partial charge in [-0.25, -0.2) is 4.98 Å². The maximum absolute atomic E-state index is 12.5. The van der Waals surface area contributed by atoms with Gasteiger partial charge in [-0.15, -0.1) is 11.3 Å². The van der Waals surface area contributed by atoms with Gasteiger partial charge < -0.3 is 10.1 Å². The average molecular weight is 378 g/mol. The number of nitrogens with zero attached hydrogens (tertiary/aromatic N) is 3. The third-order valence-corrected chi connectivity index (χ3v) is 5.36. The number of carbonyl (C=O) groups excluding carboxylic acids is 1. The Morgan fingerprint density at radius 1 is 1.15 bits per heavy atom. The number of fused-ring (bicyclic) bond motifs is 1. The van der Waals surface area contributed by atoms with Crippen LogP contribution in [-0.2, 0) is 7.05 Å². The fourth-order valence-corrected chi connectivity index (χ4v) is 3.77. The van der Waals surface area contributed by atoms with E-state index >= 15 is 0 Å². The monoisotopic (exact) mass is 378 g/mol. The molecule has 0 radical (unpaired) electrons. The highest BCUT2D eigenvalue weighted by molar-refractivity contribution is 7.20. The molecule has 0 bridgehead atoms. The SMILES string of the molecule is Cc1ccc(Oc2ccc(NC(=O)c3cc4c(C)nn(C)c4s3)cn2)cc1. The molecule has 136 valence electrons. The van der Waals surface area contributed by atoms with Crippen molar-refractivity contribution in [1.82, 2.24) is 14.8 Å². The van der Waals surface area contributed by atoms with E-state index in [-0.39, 0.29) is 5.91 Å². The molecule has 6 nitrogen and oxygen atoms in total. The van der Waals surface area contributed by atoms with Gasteiger partial charge in [-0.3, -0.25) is 9.48 Å². The molecule has 27 heavy (non-hydrogen) atoms. The molecule has 4 rings (SSSR count). The zero-order valence-electron chi connectivity index (χ0n) is 15.2. The Morgan fingerprint density at radius 2 is 1.93 bits per heavy atom. The highest BCUT2D eigenvalue weighted by Crippen LogP contribution is 2.28. The topological polar surface area (TPSA) is 69.0 Å². The lowest BCUT2D eigenvalue weighted by atomic mass is 10.2. The Hall–Kier alpha value is -3.19. The van der Waals surface area contributed by atoms with Crippen LogP contribution in [0.25, 0.3) is 10.2 Å². The molecule has 0 saturated carbocycles. The predicted octanol–water partition coefficient (Wildman–Crippen LogP) is 4.69. The minimum Gasteiger partial charge on any atom is -0.439 e. The Balaban J connectivity index is 1.46. The number of rotatable bonds is 4. The maximum atomic E-state index is 12.5. The van der Waals surface area contributed by atoms with Crippen molar-refractivity contribution in [2.75, 3.05) is 5.32 Å². The number of pyridine rings is 1. The lowest BCUT2D eigenvalue weighted by Gasteiger charge is -2.07. The van der Waals surface area contributed by atoms with E-state index in [0.717, 1.165) is 21.7 Å². The van der Waals surface area contributed by atoms with E-state index in [0.29, 0.717) is 16.4 Å². The molecule has 0 aliphatic rings. The Morgan fingerprint density at radius 3 is 2.59 bits per heavy atom. The summed E-state index contributed by atoms with van der Waals surface area (Å²) in [5.74, 6) is 1.03. The van der Waals surface area contributed by atoms with E-state index in [1.54, 1.807) is 23.0 Å². The summed E-state index contributed by atoms with van der Waals surface area (Å²) >= 11 is 1.42. The van der Waals surface area contributed by atoms with Crippen LogP contribution >= 0.6 is 11.3 Å². The van der Waals surface area contributed by atoms with Gasteiger partial charge in [-0.2, -0.15) is 5.10 Å². The Bertz CT molecular complexity index is 1080. The number of ether oxygens (including phenoxy) is 1. The molecule has 0 aliphatic heterocycles. The second kappa shape index (κ2) is 6.85. The van der Waals surface area contributed by atoms with Crippen LogP contribution in [0.2, 0.25) is 0 Å². The van der Waals surface area contributed by atoms with Crippen LogP contribution in [0.15, 0.2) is 48.7 Å². The number of aromatic nitrogens is 3. The van der Waals surface area contributed by atoms with Crippen molar-refractivity contribution in [3.63, 3.8) is 0 Å². The molecule has 1 aromatic carbocycles. The zero-order chi connectivity index (χ0) is 19.0. The predicted molar refractivity (Wildman–Crippen MR) is 107 cm³/mol. The molecule has 1 N–H and O–H groups in total. The second-order valence-corrected chi connectivity index (χ2v) is 7.32. The van der Waals surface area contributed by atoms with Gasteiger partial charge in [-0.1, -0.05) is 17.7 Å². The minimum absolute atomic E-state index is 0.162. The number of aryl methyl sites for hydroxylation is 3. The van der Waals surface area contributed by atoms with Crippen LogP contribution in [0, 0.1) is 13.8 Å². The summed E-state index contributed by atoms with van der Waals surface area (Å²) < 4.78 is 7.50. The highest BCUT2D eigenvalue weighted by atomic mass is 32.1. The molecule has 0 saturated heterocycles. The largest absolute Gasteiger partial charge is 0.439 e. The van der Waals surface area contributed by atoms with Crippen LogP contribution in [0.1, 0.15) is 20.9 Å². The summed E-state index contributed by atoms with van der Waals surface area (Å²) in [6.45, 7) is 3.96. The van der Waals surface area contributed by atoms with Crippen molar-refractivity contribution in [3.05, 3.63) is 64.8 Å². The number of thiophene rings is 1. The summed E-state index contributed by atoms with van der Waals surface area (Å²) in [4.78, 5) is 18.4. The Kier molecular flexibility index (Phi) is 4.37. The van der Waals surface area contributed by atoms with Crippen LogP contribution in [0.5, 0.6) is 11.6 Å². The fraction of sp³-hybridized carbons (Fsp3) is 0.150. The van der Waals surface area contributed by atoms with Crippen molar-refractivity contribution < 1.29 is 9.53 Å². The minimum atomic E-state index is -0.162. The standard InChI is InChI=1S/C20H18N4O2S/c1-12-4-7-15(8-5-12)26-18-9-6-14(11-21-18)22-19(25)17-10-16-13(2)23-24(3)20(16)27-17/h4-11H,1-3H3,(H,22,25). The lowest BCUT2D eigenvalue weighted by Crippen LogP contribution is -2.10. The lowest BCUT2D eigenvalue weighted by molar-refractivity contribution is 0.103. The van der Waals surface area contributed by atoms with Crippen molar-refractivity contribution in [1.29, 1.82) is 0 Å². The number of hydrogen-bond donors (Lipinski definition) is 1. The second-order valence-electron chi connectivity index (χ2n) is 6.29. The molecule has 0 aliphatic carbocycles. The molecule has 1 amide bonds. The van der Waals surface area contributed by atoms with E-state index in [1.807, 2.05) is 51.2 Å². The number of nitrogens with one attached hydrogen (secondary N) is 1. The summed E-state index contributed by atoms with van der Waals surface area (Å²) in [7, 11) is 1.88. The first-order chi connectivity index (χ1) is 13.0. The third-order valence-electron chi connectivity index (χ3n) is 4.16. The van der Waals surface area contributed by atoms with Crippen molar-refractivity contribution >= 4 is 33.1 Å². The normalized spacial score (nSPS) is 10.9. The number of anilines is 1. The molecule has 3 heterocycles. The van der Waals surface area contributed by atoms with Gasteiger partial charge in [0.1, 0.15) is 10.6 Å². The Labute approximate surface area is 160 Å². The maximum Gasteiger partial charge on any atom is 0.265 e. The molecule has 7 heteroatoms.